The van der Waals surface area contributed by atoms with E-state index in [1.807, 2.05) is 0 Å². The number of carbonyl (C=O) groups is 1. The lowest BCUT2D eigenvalue weighted by molar-refractivity contribution is -0.194. The topological polar surface area (TPSA) is 60.8 Å². The molecule has 0 spiro atoms. The normalized spacial score (nSPS) is 33.6. The Morgan fingerprint density at radius 1 is 1.23 bits per heavy atom. The Morgan fingerprint density at radius 2 is 1.69 bits per heavy atom. The van der Waals surface area contributed by atoms with E-state index in [4.69, 9.17) is 5.11 Å². The van der Waals surface area contributed by atoms with Crippen LogP contribution in [0, 0.1) is 0 Å². The van der Waals surface area contributed by atoms with Crippen molar-refractivity contribution in [2.45, 2.75) is 44.2 Å². The number of hydrogen-bond acceptors (Lipinski definition) is 4. The van der Waals surface area contributed by atoms with Gasteiger partial charge in [0.1, 0.15) is 5.78 Å². The Labute approximate surface area is 78.1 Å². The molecule has 4 nitrogen and oxygen atoms in total. The van der Waals surface area contributed by atoms with Crippen molar-refractivity contribution >= 4 is 5.78 Å². The second kappa shape index (κ2) is 4.69. The summed E-state index contributed by atoms with van der Waals surface area (Å²) >= 11 is 0. The maximum Gasteiger partial charge on any atom is 0.136 e. The van der Waals surface area contributed by atoms with E-state index in [-0.39, 0.29) is 12.1 Å². The number of ketones is 1. The van der Waals surface area contributed by atoms with Crippen molar-refractivity contribution in [3.8, 4) is 0 Å². The lowest BCUT2D eigenvalue weighted by Crippen LogP contribution is -2.50. The molecule has 2 aliphatic heterocycles. The summed E-state index contributed by atoms with van der Waals surface area (Å²) in [7, 11) is 1.00. The summed E-state index contributed by atoms with van der Waals surface area (Å²) in [5, 5.41) is 17.9. The average Bonchev–Trinajstić information content (AvgIpc) is 2.11. The van der Waals surface area contributed by atoms with Gasteiger partial charge in [-0.25, -0.2) is 0 Å². The molecule has 2 rings (SSSR count). The van der Waals surface area contributed by atoms with Crippen molar-refractivity contribution in [1.82, 2.24) is 5.06 Å². The van der Waals surface area contributed by atoms with Gasteiger partial charge in [0.15, 0.2) is 0 Å². The highest BCUT2D eigenvalue weighted by molar-refractivity contribution is 5.80. The lowest BCUT2D eigenvalue weighted by atomic mass is 9.86. The Hall–Kier alpha value is -0.450. The van der Waals surface area contributed by atoms with E-state index in [2.05, 4.69) is 0 Å². The molecule has 2 heterocycles. The van der Waals surface area contributed by atoms with Crippen LogP contribution >= 0.6 is 0 Å². The molecule has 0 amide bonds. The molecule has 0 aliphatic carbocycles. The number of fused-ring (bicyclic) bond motifs is 2. The summed E-state index contributed by atoms with van der Waals surface area (Å²) in [5.74, 6) is 0.324. The molecule has 13 heavy (non-hydrogen) atoms. The largest absolute Gasteiger partial charge is 0.400 e. The highest BCUT2D eigenvalue weighted by Crippen LogP contribution is 2.30. The zero-order valence-electron chi connectivity index (χ0n) is 7.94. The smallest absolute Gasteiger partial charge is 0.136 e. The number of nitrogens with zero attached hydrogens (tertiary/aromatic N) is 1. The first-order valence-corrected chi connectivity index (χ1v) is 4.71. The monoisotopic (exact) mass is 187 g/mol. The minimum Gasteiger partial charge on any atom is -0.400 e. The van der Waals surface area contributed by atoms with Crippen LogP contribution in [-0.4, -0.2) is 40.4 Å². The standard InChI is InChI=1S/C8H13NO2.CH4O/c10-8-4-6-2-1-3-7(5-8)9(6)11;1-2/h6-7,11H,1-5H2;2H,1H3. The van der Waals surface area contributed by atoms with Crippen molar-refractivity contribution in [1.29, 1.82) is 0 Å². The molecule has 2 bridgehead atoms. The van der Waals surface area contributed by atoms with Gasteiger partial charge in [0.25, 0.3) is 0 Å². The van der Waals surface area contributed by atoms with Gasteiger partial charge >= 0.3 is 0 Å². The molecule has 76 valence electrons. The summed E-state index contributed by atoms with van der Waals surface area (Å²) in [6.45, 7) is 0. The summed E-state index contributed by atoms with van der Waals surface area (Å²) in [5.41, 5.74) is 0. The van der Waals surface area contributed by atoms with Crippen LogP contribution in [0.25, 0.3) is 0 Å². The van der Waals surface area contributed by atoms with Crippen LogP contribution < -0.4 is 0 Å². The summed E-state index contributed by atoms with van der Waals surface area (Å²) in [6.07, 6.45) is 4.26. The SMILES string of the molecule is CO.O=C1CC2CCCC(C1)N2O. The Kier molecular flexibility index (Phi) is 3.84. The van der Waals surface area contributed by atoms with Crippen molar-refractivity contribution in [3.05, 3.63) is 0 Å². The lowest BCUT2D eigenvalue weighted by Gasteiger charge is -2.40. The maximum absolute atomic E-state index is 11.1. The van der Waals surface area contributed by atoms with Crippen molar-refractivity contribution in [2.75, 3.05) is 7.11 Å². The minimum absolute atomic E-state index is 0.134. The summed E-state index contributed by atoms with van der Waals surface area (Å²) in [6, 6.07) is 0.269. The summed E-state index contributed by atoms with van der Waals surface area (Å²) in [4.78, 5) is 11.1. The fourth-order valence-corrected chi connectivity index (χ4v) is 2.15. The van der Waals surface area contributed by atoms with Gasteiger partial charge in [-0.15, -0.1) is 0 Å². The van der Waals surface area contributed by atoms with Crippen molar-refractivity contribution in [3.63, 3.8) is 0 Å². The molecule has 2 aliphatic rings. The molecule has 2 unspecified atom stereocenters. The third-order valence-corrected chi connectivity index (χ3v) is 2.75. The zero-order chi connectivity index (χ0) is 9.84. The van der Waals surface area contributed by atoms with Gasteiger partial charge in [-0.3, -0.25) is 4.79 Å². The minimum atomic E-state index is 0.134. The van der Waals surface area contributed by atoms with E-state index in [1.165, 1.54) is 11.5 Å². The Balaban J connectivity index is 0.000000396. The third-order valence-electron chi connectivity index (χ3n) is 2.75. The molecule has 2 saturated heterocycles. The molecule has 0 aromatic heterocycles. The van der Waals surface area contributed by atoms with Crippen LogP contribution in [0.15, 0.2) is 0 Å². The zero-order valence-corrected chi connectivity index (χ0v) is 7.94. The number of Topliss-reactive ketones (excluding diaryl/α,β-unsaturated/α-hetero) is 1. The van der Waals surface area contributed by atoms with E-state index in [0.717, 1.165) is 20.0 Å². The molecule has 0 aromatic carbocycles. The predicted molar refractivity (Wildman–Crippen MR) is 47.4 cm³/mol. The van der Waals surface area contributed by atoms with Crippen LogP contribution in [0.2, 0.25) is 0 Å². The molecule has 2 atom stereocenters. The molecular formula is C9H17NO3. The Bertz CT molecular complexity index is 168. The van der Waals surface area contributed by atoms with Crippen LogP contribution in [0.5, 0.6) is 0 Å². The van der Waals surface area contributed by atoms with Gasteiger partial charge in [-0.05, 0) is 12.8 Å². The number of piperidine rings is 2. The molecule has 0 aromatic rings. The molecule has 0 saturated carbocycles. The average molecular weight is 187 g/mol. The Morgan fingerprint density at radius 3 is 2.15 bits per heavy atom. The van der Waals surface area contributed by atoms with Gasteiger partial charge in [0, 0.05) is 32.0 Å². The summed E-state index contributed by atoms with van der Waals surface area (Å²) < 4.78 is 0. The fraction of sp³-hybridized carbons (Fsp3) is 0.889. The van der Waals surface area contributed by atoms with Gasteiger partial charge in [-0.2, -0.15) is 5.06 Å². The fourth-order valence-electron chi connectivity index (χ4n) is 2.15. The molecule has 0 radical (unpaired) electrons. The second-order valence-corrected chi connectivity index (χ2v) is 3.57. The van der Waals surface area contributed by atoms with Crippen LogP contribution in [0.1, 0.15) is 32.1 Å². The number of hydroxylamine groups is 2. The van der Waals surface area contributed by atoms with Gasteiger partial charge < -0.3 is 10.3 Å². The first-order valence-electron chi connectivity index (χ1n) is 4.71. The predicted octanol–water partition coefficient (Wildman–Crippen LogP) is 0.570. The molecular weight excluding hydrogens is 170 g/mol. The maximum atomic E-state index is 11.1. The highest BCUT2D eigenvalue weighted by atomic mass is 16.5. The molecule has 4 heteroatoms. The number of aliphatic hydroxyl groups excluding tert-OH is 1. The quantitative estimate of drug-likeness (QED) is 0.582. The van der Waals surface area contributed by atoms with Crippen LogP contribution in [0.3, 0.4) is 0 Å². The van der Waals surface area contributed by atoms with Gasteiger partial charge in [0.05, 0.1) is 0 Å². The van der Waals surface area contributed by atoms with E-state index in [0.29, 0.717) is 18.6 Å². The van der Waals surface area contributed by atoms with Crippen molar-refractivity contribution in [2.24, 2.45) is 0 Å². The number of rotatable bonds is 0. The number of hydrogen-bond donors (Lipinski definition) is 2. The first-order chi connectivity index (χ1) is 6.27. The number of carbonyl (C=O) groups excluding carboxylic acids is 1. The van der Waals surface area contributed by atoms with E-state index < -0.39 is 0 Å². The molecule has 2 fully saturated rings. The van der Waals surface area contributed by atoms with E-state index >= 15 is 0 Å². The van der Waals surface area contributed by atoms with E-state index in [1.54, 1.807) is 0 Å². The first kappa shape index (κ1) is 10.6. The highest BCUT2D eigenvalue weighted by Gasteiger charge is 2.36. The van der Waals surface area contributed by atoms with Crippen LogP contribution in [0.4, 0.5) is 0 Å². The number of aliphatic hydroxyl groups is 1. The van der Waals surface area contributed by atoms with Crippen LogP contribution in [-0.2, 0) is 4.79 Å². The second-order valence-electron chi connectivity index (χ2n) is 3.57. The molecule has 2 N–H and O–H groups in total. The van der Waals surface area contributed by atoms with E-state index in [9.17, 15) is 10.0 Å². The van der Waals surface area contributed by atoms with Crippen molar-refractivity contribution < 1.29 is 15.1 Å². The van der Waals surface area contributed by atoms with Gasteiger partial charge in [0.2, 0.25) is 0 Å². The van der Waals surface area contributed by atoms with Gasteiger partial charge in [-0.1, -0.05) is 6.42 Å². The third kappa shape index (κ3) is 2.27.